The molecule has 0 bridgehead atoms. The van der Waals surface area contributed by atoms with Crippen molar-refractivity contribution in [1.82, 2.24) is 0 Å². The lowest BCUT2D eigenvalue weighted by molar-refractivity contribution is 0.445. The molecule has 1 aliphatic rings. The van der Waals surface area contributed by atoms with Gasteiger partial charge in [0.1, 0.15) is 0 Å². The second kappa shape index (κ2) is 3.32. The maximum atomic E-state index is 2.34. The summed E-state index contributed by atoms with van der Waals surface area (Å²) in [7, 11) is 0. The van der Waals surface area contributed by atoms with Gasteiger partial charge < -0.3 is 0 Å². The van der Waals surface area contributed by atoms with Crippen molar-refractivity contribution in [2.45, 2.75) is 41.5 Å². The predicted molar refractivity (Wildman–Crippen MR) is 59.6 cm³/mol. The Morgan fingerprint density at radius 3 is 1.31 bits per heavy atom. The van der Waals surface area contributed by atoms with E-state index in [0.717, 1.165) is 0 Å². The zero-order valence-electron chi connectivity index (χ0n) is 9.81. The summed E-state index contributed by atoms with van der Waals surface area (Å²) in [6.07, 6.45) is 4.64. The summed E-state index contributed by atoms with van der Waals surface area (Å²) in [6.45, 7) is 13.8. The van der Waals surface area contributed by atoms with E-state index in [-0.39, 0.29) is 0 Å². The van der Waals surface area contributed by atoms with Crippen molar-refractivity contribution < 1.29 is 0 Å². The molecule has 0 nitrogen and oxygen atoms in total. The zero-order valence-corrected chi connectivity index (χ0v) is 9.81. The van der Waals surface area contributed by atoms with Gasteiger partial charge in [-0.2, -0.15) is 0 Å². The highest BCUT2D eigenvalue weighted by Gasteiger charge is 2.33. The molecular weight excluding hydrogens is 156 g/mol. The van der Waals surface area contributed by atoms with E-state index in [1.165, 1.54) is 0 Å². The fourth-order valence-corrected chi connectivity index (χ4v) is 2.59. The highest BCUT2D eigenvalue weighted by atomic mass is 14.4. The van der Waals surface area contributed by atoms with Crippen molar-refractivity contribution in [3.8, 4) is 0 Å². The summed E-state index contributed by atoms with van der Waals surface area (Å²) < 4.78 is 0. The van der Waals surface area contributed by atoms with Gasteiger partial charge in [-0.05, 0) is 11.8 Å². The standard InChI is InChI=1S/C13H22/c1-9(2)11-7-8-12(10(3)4)13(11,5)6/h7-10H,1-6H3. The molecule has 0 saturated carbocycles. The third kappa shape index (κ3) is 1.72. The van der Waals surface area contributed by atoms with Gasteiger partial charge in [-0.1, -0.05) is 64.8 Å². The summed E-state index contributed by atoms with van der Waals surface area (Å²) in [4.78, 5) is 0. The Morgan fingerprint density at radius 1 is 0.846 bits per heavy atom. The third-order valence-corrected chi connectivity index (χ3v) is 3.13. The molecular formula is C13H22. The molecule has 1 aliphatic carbocycles. The second-order valence-corrected chi connectivity index (χ2v) is 5.18. The molecule has 0 heteroatoms. The molecule has 0 radical (unpaired) electrons. The quantitative estimate of drug-likeness (QED) is 0.594. The molecule has 0 heterocycles. The first-order chi connectivity index (χ1) is 5.87. The summed E-state index contributed by atoms with van der Waals surface area (Å²) in [6, 6.07) is 0. The number of hydrogen-bond donors (Lipinski definition) is 0. The van der Waals surface area contributed by atoms with Crippen LogP contribution in [0, 0.1) is 17.3 Å². The maximum absolute atomic E-state index is 2.34. The van der Waals surface area contributed by atoms with Gasteiger partial charge in [0.25, 0.3) is 0 Å². The van der Waals surface area contributed by atoms with Crippen molar-refractivity contribution in [3.63, 3.8) is 0 Å². The van der Waals surface area contributed by atoms with Crippen LogP contribution >= 0.6 is 0 Å². The van der Waals surface area contributed by atoms with E-state index in [0.29, 0.717) is 17.3 Å². The molecule has 74 valence electrons. The first-order valence-corrected chi connectivity index (χ1v) is 5.30. The van der Waals surface area contributed by atoms with E-state index >= 15 is 0 Å². The fraction of sp³-hybridized carbons (Fsp3) is 0.692. The lowest BCUT2D eigenvalue weighted by Crippen LogP contribution is -2.21. The van der Waals surface area contributed by atoms with Gasteiger partial charge >= 0.3 is 0 Å². The van der Waals surface area contributed by atoms with Crippen LogP contribution in [0.1, 0.15) is 41.5 Å². The Balaban J connectivity index is 2.94. The molecule has 0 aromatic rings. The van der Waals surface area contributed by atoms with Crippen molar-refractivity contribution >= 4 is 0 Å². The van der Waals surface area contributed by atoms with Crippen LogP contribution in [0.15, 0.2) is 23.3 Å². The predicted octanol–water partition coefficient (Wildman–Crippen LogP) is 4.19. The molecule has 0 spiro atoms. The Bertz CT molecular complexity index is 223. The van der Waals surface area contributed by atoms with Crippen LogP contribution in [0.25, 0.3) is 0 Å². The van der Waals surface area contributed by atoms with Gasteiger partial charge in [0.2, 0.25) is 0 Å². The van der Waals surface area contributed by atoms with Gasteiger partial charge in [0, 0.05) is 5.41 Å². The van der Waals surface area contributed by atoms with Crippen molar-refractivity contribution in [1.29, 1.82) is 0 Å². The summed E-state index contributed by atoms with van der Waals surface area (Å²) in [5.41, 5.74) is 3.45. The zero-order chi connectivity index (χ0) is 10.2. The molecule has 0 aromatic heterocycles. The molecule has 0 N–H and O–H groups in total. The average Bonchev–Trinajstić information content (AvgIpc) is 2.24. The van der Waals surface area contributed by atoms with Crippen molar-refractivity contribution in [2.24, 2.45) is 17.3 Å². The van der Waals surface area contributed by atoms with Crippen LogP contribution in [-0.4, -0.2) is 0 Å². The summed E-state index contributed by atoms with van der Waals surface area (Å²) in [5, 5.41) is 0. The Hall–Kier alpha value is -0.520. The monoisotopic (exact) mass is 178 g/mol. The molecule has 0 aliphatic heterocycles. The minimum absolute atomic E-state index is 0.294. The summed E-state index contributed by atoms with van der Waals surface area (Å²) >= 11 is 0. The van der Waals surface area contributed by atoms with Gasteiger partial charge in [0.05, 0.1) is 0 Å². The van der Waals surface area contributed by atoms with Crippen LogP contribution in [0.2, 0.25) is 0 Å². The van der Waals surface area contributed by atoms with Crippen LogP contribution in [0.5, 0.6) is 0 Å². The van der Waals surface area contributed by atoms with E-state index in [1.54, 1.807) is 11.1 Å². The van der Waals surface area contributed by atoms with Crippen LogP contribution < -0.4 is 0 Å². The first-order valence-electron chi connectivity index (χ1n) is 5.30. The van der Waals surface area contributed by atoms with Crippen molar-refractivity contribution in [2.75, 3.05) is 0 Å². The van der Waals surface area contributed by atoms with Gasteiger partial charge in [-0.15, -0.1) is 0 Å². The molecule has 1 rings (SSSR count). The van der Waals surface area contributed by atoms with Gasteiger partial charge in [-0.25, -0.2) is 0 Å². The van der Waals surface area contributed by atoms with Crippen molar-refractivity contribution in [3.05, 3.63) is 23.3 Å². The van der Waals surface area contributed by atoms with Gasteiger partial charge in [-0.3, -0.25) is 0 Å². The second-order valence-electron chi connectivity index (χ2n) is 5.18. The molecule has 0 saturated heterocycles. The van der Waals surface area contributed by atoms with E-state index in [2.05, 4.69) is 53.7 Å². The number of rotatable bonds is 2. The molecule has 0 atom stereocenters. The lowest BCUT2D eigenvalue weighted by atomic mass is 9.73. The molecule has 13 heavy (non-hydrogen) atoms. The van der Waals surface area contributed by atoms with E-state index in [1.807, 2.05) is 0 Å². The molecule has 0 fully saturated rings. The average molecular weight is 178 g/mol. The minimum Gasteiger partial charge on any atom is -0.0619 e. The third-order valence-electron chi connectivity index (χ3n) is 3.13. The topological polar surface area (TPSA) is 0 Å². The highest BCUT2D eigenvalue weighted by molar-refractivity contribution is 5.40. The smallest absolute Gasteiger partial charge is 0.00753 e. The number of hydrogen-bond acceptors (Lipinski definition) is 0. The Labute approximate surface area is 82.7 Å². The molecule has 0 unspecified atom stereocenters. The maximum Gasteiger partial charge on any atom is 0.00753 e. The van der Waals surface area contributed by atoms with E-state index in [4.69, 9.17) is 0 Å². The van der Waals surface area contributed by atoms with E-state index < -0.39 is 0 Å². The highest BCUT2D eigenvalue weighted by Crippen LogP contribution is 2.45. The first kappa shape index (κ1) is 10.6. The number of allylic oxidation sites excluding steroid dienone is 4. The molecule has 0 aromatic carbocycles. The minimum atomic E-state index is 0.294. The SMILES string of the molecule is CC(C)C1=CC=C(C(C)C)C1(C)C. The Kier molecular flexibility index (Phi) is 2.70. The summed E-state index contributed by atoms with van der Waals surface area (Å²) in [5.74, 6) is 1.34. The Morgan fingerprint density at radius 2 is 1.15 bits per heavy atom. The largest absolute Gasteiger partial charge is 0.0619 e. The van der Waals surface area contributed by atoms with Crippen LogP contribution in [-0.2, 0) is 0 Å². The normalized spacial score (nSPS) is 20.9. The lowest BCUT2D eigenvalue weighted by Gasteiger charge is -2.31. The fourth-order valence-electron chi connectivity index (χ4n) is 2.59. The van der Waals surface area contributed by atoms with E-state index in [9.17, 15) is 0 Å². The van der Waals surface area contributed by atoms with Crippen LogP contribution in [0.3, 0.4) is 0 Å². The van der Waals surface area contributed by atoms with Gasteiger partial charge in [0.15, 0.2) is 0 Å². The van der Waals surface area contributed by atoms with Crippen LogP contribution in [0.4, 0.5) is 0 Å². The molecule has 0 amide bonds.